The average Bonchev–Trinajstić information content (AvgIpc) is 2.87. The second kappa shape index (κ2) is 5.17. The van der Waals surface area contributed by atoms with Crippen LogP contribution in [0.25, 0.3) is 0 Å². The number of nitrogens with one attached hydrogen (secondary N) is 2. The molecule has 0 aromatic heterocycles. The Morgan fingerprint density at radius 2 is 2.10 bits per heavy atom. The first-order valence-corrected chi connectivity index (χ1v) is 6.93. The largest absolute Gasteiger partial charge is 0.373 e. The monoisotopic (exact) mass is 286 g/mol. The Labute approximate surface area is 123 Å². The van der Waals surface area contributed by atoms with Gasteiger partial charge in [0.15, 0.2) is 0 Å². The van der Waals surface area contributed by atoms with E-state index in [-0.39, 0.29) is 11.9 Å². The first-order valence-electron chi connectivity index (χ1n) is 6.55. The van der Waals surface area contributed by atoms with Crippen molar-refractivity contribution in [3.8, 4) is 0 Å². The number of amides is 1. The van der Waals surface area contributed by atoms with Gasteiger partial charge >= 0.3 is 0 Å². The number of hydrogen-bond acceptors (Lipinski definition) is 2. The molecule has 1 atom stereocenters. The maximum Gasteiger partial charge on any atom is 0.247 e. The van der Waals surface area contributed by atoms with E-state index in [1.165, 1.54) is 5.56 Å². The van der Waals surface area contributed by atoms with Crippen LogP contribution in [0.5, 0.6) is 0 Å². The van der Waals surface area contributed by atoms with Gasteiger partial charge in [0.25, 0.3) is 0 Å². The molecule has 4 heteroatoms. The van der Waals surface area contributed by atoms with Crippen LogP contribution in [-0.4, -0.2) is 11.9 Å². The zero-order valence-corrected chi connectivity index (χ0v) is 11.9. The van der Waals surface area contributed by atoms with Gasteiger partial charge in [0.2, 0.25) is 5.91 Å². The quantitative estimate of drug-likeness (QED) is 0.885. The van der Waals surface area contributed by atoms with Gasteiger partial charge in [-0.15, -0.1) is 0 Å². The number of carbonyl (C=O) groups is 1. The fraction of sp³-hybridized carbons (Fsp3) is 0.188. The van der Waals surface area contributed by atoms with Crippen LogP contribution in [0.15, 0.2) is 42.5 Å². The summed E-state index contributed by atoms with van der Waals surface area (Å²) in [5, 5.41) is 6.79. The molecule has 1 heterocycles. The van der Waals surface area contributed by atoms with Crippen LogP contribution < -0.4 is 10.6 Å². The lowest BCUT2D eigenvalue weighted by Gasteiger charge is -2.12. The summed E-state index contributed by atoms with van der Waals surface area (Å²) >= 11 is 6.06. The van der Waals surface area contributed by atoms with Crippen LogP contribution in [0, 0.1) is 6.92 Å². The molecule has 0 spiro atoms. The molecule has 3 rings (SSSR count). The number of halogens is 1. The molecule has 2 aromatic rings. The van der Waals surface area contributed by atoms with E-state index in [0.717, 1.165) is 16.9 Å². The summed E-state index contributed by atoms with van der Waals surface area (Å²) in [5.74, 6) is -0.0406. The zero-order chi connectivity index (χ0) is 14.1. The maximum atomic E-state index is 12.3. The fourth-order valence-corrected chi connectivity index (χ4v) is 2.54. The van der Waals surface area contributed by atoms with Crippen molar-refractivity contribution >= 4 is 28.9 Å². The summed E-state index contributed by atoms with van der Waals surface area (Å²) < 4.78 is 0. The van der Waals surface area contributed by atoms with Gasteiger partial charge in [-0.3, -0.25) is 4.79 Å². The van der Waals surface area contributed by atoms with Crippen LogP contribution in [0.3, 0.4) is 0 Å². The van der Waals surface area contributed by atoms with Crippen molar-refractivity contribution in [2.45, 2.75) is 19.4 Å². The minimum atomic E-state index is -0.229. The molecule has 1 aliphatic rings. The predicted octanol–water partition coefficient (Wildman–Crippen LogP) is 3.62. The van der Waals surface area contributed by atoms with E-state index in [1.54, 1.807) is 6.07 Å². The molecule has 0 aliphatic carbocycles. The SMILES string of the molecule is Cc1ccc(NC(=O)[C@@H]2Cc3ccccc3N2)cc1Cl. The third-order valence-corrected chi connectivity index (χ3v) is 3.93. The number of hydrogen-bond donors (Lipinski definition) is 2. The molecule has 3 nitrogen and oxygen atoms in total. The zero-order valence-electron chi connectivity index (χ0n) is 11.1. The smallest absolute Gasteiger partial charge is 0.247 e. The lowest BCUT2D eigenvalue weighted by molar-refractivity contribution is -0.116. The maximum absolute atomic E-state index is 12.3. The number of benzene rings is 2. The number of para-hydroxylation sites is 1. The summed E-state index contributed by atoms with van der Waals surface area (Å²) in [6, 6.07) is 13.3. The Balaban J connectivity index is 1.71. The Kier molecular flexibility index (Phi) is 3.36. The third-order valence-electron chi connectivity index (χ3n) is 3.53. The minimum absolute atomic E-state index is 0.0406. The lowest BCUT2D eigenvalue weighted by Crippen LogP contribution is -2.32. The Morgan fingerprint density at radius 3 is 2.85 bits per heavy atom. The van der Waals surface area contributed by atoms with Crippen molar-refractivity contribution in [2.75, 3.05) is 10.6 Å². The van der Waals surface area contributed by atoms with Crippen LogP contribution in [0.2, 0.25) is 5.02 Å². The molecule has 0 saturated heterocycles. The van der Waals surface area contributed by atoms with Crippen LogP contribution >= 0.6 is 11.6 Å². The van der Waals surface area contributed by atoms with Gasteiger partial charge < -0.3 is 10.6 Å². The van der Waals surface area contributed by atoms with Crippen molar-refractivity contribution in [3.05, 3.63) is 58.6 Å². The number of carbonyl (C=O) groups excluding carboxylic acids is 1. The molecule has 0 saturated carbocycles. The fourth-order valence-electron chi connectivity index (χ4n) is 2.36. The summed E-state index contributed by atoms with van der Waals surface area (Å²) in [4.78, 5) is 12.3. The second-order valence-electron chi connectivity index (χ2n) is 5.01. The highest BCUT2D eigenvalue weighted by Gasteiger charge is 2.26. The Bertz CT molecular complexity index is 644. The number of aryl methyl sites for hydroxylation is 1. The van der Waals surface area contributed by atoms with Gasteiger partial charge in [-0.25, -0.2) is 0 Å². The van der Waals surface area contributed by atoms with Gasteiger partial charge in [-0.1, -0.05) is 35.9 Å². The first kappa shape index (κ1) is 13.0. The highest BCUT2D eigenvalue weighted by molar-refractivity contribution is 6.31. The van der Waals surface area contributed by atoms with Gasteiger partial charge in [-0.2, -0.15) is 0 Å². The van der Waals surface area contributed by atoms with Crippen molar-refractivity contribution in [2.24, 2.45) is 0 Å². The van der Waals surface area contributed by atoms with E-state index < -0.39 is 0 Å². The van der Waals surface area contributed by atoms with E-state index in [9.17, 15) is 4.79 Å². The van der Waals surface area contributed by atoms with Gasteiger partial charge in [0, 0.05) is 22.8 Å². The average molecular weight is 287 g/mol. The Morgan fingerprint density at radius 1 is 1.30 bits per heavy atom. The van der Waals surface area contributed by atoms with Crippen molar-refractivity contribution in [1.82, 2.24) is 0 Å². The van der Waals surface area contributed by atoms with Crippen molar-refractivity contribution in [3.63, 3.8) is 0 Å². The Hall–Kier alpha value is -2.00. The second-order valence-corrected chi connectivity index (χ2v) is 5.42. The third kappa shape index (κ3) is 2.49. The van der Waals surface area contributed by atoms with E-state index in [1.807, 2.05) is 43.3 Å². The van der Waals surface area contributed by atoms with Crippen LogP contribution in [0.1, 0.15) is 11.1 Å². The lowest BCUT2D eigenvalue weighted by atomic mass is 10.1. The predicted molar refractivity (Wildman–Crippen MR) is 82.4 cm³/mol. The highest BCUT2D eigenvalue weighted by Crippen LogP contribution is 2.26. The van der Waals surface area contributed by atoms with Crippen molar-refractivity contribution in [1.29, 1.82) is 0 Å². The summed E-state index contributed by atoms with van der Waals surface area (Å²) in [7, 11) is 0. The molecule has 0 bridgehead atoms. The number of anilines is 2. The van der Waals surface area contributed by atoms with Gasteiger partial charge in [0.05, 0.1) is 0 Å². The molecule has 20 heavy (non-hydrogen) atoms. The first-order chi connectivity index (χ1) is 9.63. The molecule has 0 unspecified atom stereocenters. The highest BCUT2D eigenvalue weighted by atomic mass is 35.5. The van der Waals surface area contributed by atoms with Gasteiger partial charge in [-0.05, 0) is 36.2 Å². The minimum Gasteiger partial charge on any atom is -0.373 e. The van der Waals surface area contributed by atoms with E-state index in [0.29, 0.717) is 11.4 Å². The number of fused-ring (bicyclic) bond motifs is 1. The molecule has 1 amide bonds. The normalized spacial score (nSPS) is 16.4. The summed E-state index contributed by atoms with van der Waals surface area (Å²) in [6.45, 7) is 1.93. The van der Waals surface area contributed by atoms with Crippen LogP contribution in [-0.2, 0) is 11.2 Å². The van der Waals surface area contributed by atoms with E-state index >= 15 is 0 Å². The molecular formula is C16H15ClN2O. The molecule has 1 aliphatic heterocycles. The molecule has 0 radical (unpaired) electrons. The standard InChI is InChI=1S/C16H15ClN2O/c1-10-6-7-12(9-13(10)17)18-16(20)15-8-11-4-2-3-5-14(11)19-15/h2-7,9,15,19H,8H2,1H3,(H,18,20)/t15-/m0/s1. The van der Waals surface area contributed by atoms with Gasteiger partial charge in [0.1, 0.15) is 6.04 Å². The molecular weight excluding hydrogens is 272 g/mol. The van der Waals surface area contributed by atoms with E-state index in [4.69, 9.17) is 11.6 Å². The molecule has 102 valence electrons. The summed E-state index contributed by atoms with van der Waals surface area (Å²) in [5.41, 5.74) is 3.93. The molecule has 2 N–H and O–H groups in total. The number of rotatable bonds is 2. The van der Waals surface area contributed by atoms with E-state index in [2.05, 4.69) is 10.6 Å². The van der Waals surface area contributed by atoms with Crippen molar-refractivity contribution < 1.29 is 4.79 Å². The molecule has 2 aromatic carbocycles. The molecule has 0 fully saturated rings. The topological polar surface area (TPSA) is 41.1 Å². The summed E-state index contributed by atoms with van der Waals surface area (Å²) in [6.07, 6.45) is 0.710. The van der Waals surface area contributed by atoms with Crippen LogP contribution in [0.4, 0.5) is 11.4 Å².